The average Bonchev–Trinajstić information content (AvgIpc) is 1.59. The zero-order chi connectivity index (χ0) is 90.7. The molecule has 12 aromatic carbocycles. The molecule has 0 bridgehead atoms. The molecule has 1 radical (unpaired) electrons. The van der Waals surface area contributed by atoms with E-state index in [1.54, 1.807) is 17.0 Å². The molecular formula is C114H85Ir2N10S2+2. The van der Waals surface area contributed by atoms with Crippen LogP contribution in [0.25, 0.3) is 130 Å². The first kappa shape index (κ1) is 77.3. The van der Waals surface area contributed by atoms with Crippen LogP contribution in [0.5, 0.6) is 0 Å². The topological polar surface area (TPSA) is 73.6 Å². The molecule has 0 atom stereocenters. The Bertz CT molecular complexity index is 7600. The summed E-state index contributed by atoms with van der Waals surface area (Å²) in [4.78, 5) is 21.6. The van der Waals surface area contributed by atoms with Gasteiger partial charge in [0.2, 0.25) is 17.1 Å². The fourth-order valence-electron chi connectivity index (χ4n) is 15.8. The predicted octanol–water partition coefficient (Wildman–Crippen LogP) is 25.2. The molecule has 21 aromatic rings. The molecule has 0 spiro atoms. The number of rotatable bonds is 6. The van der Waals surface area contributed by atoms with E-state index < -0.39 is 0 Å². The number of para-hydroxylation sites is 2. The van der Waals surface area contributed by atoms with Gasteiger partial charge in [-0.3, -0.25) is 0 Å². The predicted molar refractivity (Wildman–Crippen MR) is 514 cm³/mol. The van der Waals surface area contributed by atoms with Crippen LogP contribution in [0.1, 0.15) is 37.5 Å². The normalized spacial score (nSPS) is 12.5. The van der Waals surface area contributed by atoms with Crippen molar-refractivity contribution in [2.45, 2.75) is 33.1 Å². The quantitative estimate of drug-likeness (QED) is 0.122. The van der Waals surface area contributed by atoms with Gasteiger partial charge >= 0.3 is 25.9 Å². The van der Waals surface area contributed by atoms with Crippen LogP contribution in [-0.4, -0.2) is 19.9 Å². The van der Waals surface area contributed by atoms with Gasteiger partial charge < -0.3 is 24.8 Å². The van der Waals surface area contributed by atoms with Crippen molar-refractivity contribution in [3.8, 4) is 90.1 Å². The number of nitrogens with zero attached hydrogens (tertiary/aromatic N) is 10. The second kappa shape index (κ2) is 41.2. The maximum atomic E-state index is 7.97. The van der Waals surface area contributed by atoms with E-state index >= 15 is 0 Å². The fraction of sp³-hybridized carbons (Fsp3) is 0.0439. The zero-order valence-corrected chi connectivity index (χ0v) is 75.9. The largest absolute Gasteiger partial charge is 3.00 e. The summed E-state index contributed by atoms with van der Waals surface area (Å²) >= 11 is 3.73. The number of anilines is 2. The number of hydrogen-bond acceptors (Lipinski definition) is 8. The van der Waals surface area contributed by atoms with Crippen molar-refractivity contribution in [1.82, 2.24) is 19.9 Å². The van der Waals surface area contributed by atoms with Crippen LogP contribution in [-0.2, 0) is 66.4 Å². The van der Waals surface area contributed by atoms with Gasteiger partial charge in [-0.1, -0.05) is 187 Å². The SMILES string of the molecule is Cc1cc[n+]2c(n1)-c1ccccc1C2.[2H]c1c[n+]2c(c([2H])c1[2H])-c1c([2H])c([2H])c([2H])c([2H])c1C2.[Ir+3].[Ir].[c-]1ccc2c(sc3ccccc32)c1-c1ccccn1.[c-]1ccccc1-c1ccccn1.[c-]1ccccc1-c1ccccn1.[c-]1ccccc1N1C=CN(c2ccccc2)[CH-]1.c1cc[n+]2c(c1)-c1c(ccc3c1sc1ccccc13)C2.c1ccc(-c2ccc3c(c2)-c2cccc[n+]2C3)cc1. The molecule has 10 nitrogen and oxygen atoms in total. The molecule has 5 aliphatic rings. The van der Waals surface area contributed by atoms with Crippen LogP contribution in [0.2, 0.25) is 0 Å². The van der Waals surface area contributed by atoms with Crippen LogP contribution in [0, 0.1) is 37.9 Å². The molecule has 9 aromatic heterocycles. The van der Waals surface area contributed by atoms with Gasteiger partial charge in [-0.25, -0.2) is 4.57 Å². The Morgan fingerprint density at radius 3 is 1.60 bits per heavy atom. The van der Waals surface area contributed by atoms with Crippen LogP contribution in [0.15, 0.2) is 444 Å². The molecule has 0 N–H and O–H groups in total. The molecule has 128 heavy (non-hydrogen) atoms. The number of aromatic nitrogens is 8. The van der Waals surface area contributed by atoms with Crippen molar-refractivity contribution in [3.63, 3.8) is 0 Å². The minimum atomic E-state index is -0.344. The van der Waals surface area contributed by atoms with Crippen LogP contribution in [0.4, 0.5) is 11.4 Å². The van der Waals surface area contributed by atoms with Crippen molar-refractivity contribution in [2.24, 2.45) is 0 Å². The van der Waals surface area contributed by atoms with Gasteiger partial charge in [-0.2, -0.15) is 55.4 Å². The third-order valence-electron chi connectivity index (χ3n) is 21.9. The van der Waals surface area contributed by atoms with E-state index in [1.807, 2.05) is 211 Å². The Hall–Kier alpha value is -14.3. The second-order valence-corrected chi connectivity index (χ2v) is 32.1. The molecule has 0 amide bonds. The monoisotopic (exact) mass is 2050 g/mol. The first-order chi connectivity index (χ1) is 65.3. The molecule has 0 saturated heterocycles. The van der Waals surface area contributed by atoms with E-state index in [-0.39, 0.29) is 100 Å². The molecule has 0 fully saturated rings. The van der Waals surface area contributed by atoms with Crippen LogP contribution >= 0.6 is 22.7 Å². The zero-order valence-electron chi connectivity index (χ0n) is 76.5. The number of thiophene rings is 2. The third kappa shape index (κ3) is 19.5. The molecule has 14 heterocycles. The number of hydrogen-bond donors (Lipinski definition) is 0. The Balaban J connectivity index is 0.000000108. The van der Waals surface area contributed by atoms with Gasteiger partial charge in [0.1, 0.15) is 6.54 Å². The summed E-state index contributed by atoms with van der Waals surface area (Å²) in [6.07, 6.45) is 17.3. The Morgan fingerprint density at radius 1 is 0.367 bits per heavy atom. The molecule has 14 heteroatoms. The standard InChI is InChI=1S/C18H12NS.C18H14N.C17H10NS.C15H12N2.C12H11N2.C12H10N.2C11H8N.2Ir/c1-2-7-16-13(5-1)14-9-8-12-11-19-10-4-3-6-15(19)17(12)18(14)20-16;1-2-6-14(7-3-1)15-9-10-16-13-19-11-5-4-8-18(19)17(16)12-15;1-2-10-16-12(6-1)13-7-5-8-14(17(13)19-16)15-9-3-4-11-18-15;1-3-7-14(8-4-1)16-11-12-17(13-16)15-9-5-2-6-10-15;1-9-6-7-14-8-10-4-2-3-5-11(10)12(14)13-9;1-2-6-11-10(5-1)9-13-8-4-3-7-12(11)13;2*1-2-6-10(7-3-1)11-8-4-5-9-12-11;;/h1-10H,11H2;1-12H,13H2;1-7,9-11H;1-9,11-13H;2-7H,8H2,1H3;1-8H,9H2;2*1-6,8-9H;;/q2*+1;-1;-2;2*+1;2*-1;;+3/i;;;;;1D,2D,3D,4D,5D,6D,7D;;;;. The second-order valence-electron chi connectivity index (χ2n) is 30.0. The molecule has 26 rings (SSSR count). The van der Waals surface area contributed by atoms with E-state index in [0.717, 1.165) is 76.3 Å². The summed E-state index contributed by atoms with van der Waals surface area (Å²) in [6, 6.07) is 130. The maximum Gasteiger partial charge on any atom is 3.00 e. The molecule has 0 aliphatic carbocycles. The molecule has 619 valence electrons. The summed E-state index contributed by atoms with van der Waals surface area (Å²) in [5.74, 6) is 1.10. The van der Waals surface area contributed by atoms with Crippen molar-refractivity contribution in [1.29, 1.82) is 0 Å². The first-order valence-electron chi connectivity index (χ1n) is 45.1. The van der Waals surface area contributed by atoms with Crippen LogP contribution < -0.4 is 28.1 Å². The third-order valence-corrected chi connectivity index (χ3v) is 24.3. The summed E-state index contributed by atoms with van der Waals surface area (Å²) in [7, 11) is 0. The van der Waals surface area contributed by atoms with Gasteiger partial charge in [0.25, 0.3) is 0 Å². The van der Waals surface area contributed by atoms with Crippen molar-refractivity contribution >= 4 is 74.4 Å². The van der Waals surface area contributed by atoms with Gasteiger partial charge in [0, 0.05) is 141 Å². The number of pyridine rings is 6. The first-order valence-corrected chi connectivity index (χ1v) is 43.2. The van der Waals surface area contributed by atoms with E-state index in [1.165, 1.54) is 102 Å². The van der Waals surface area contributed by atoms with E-state index in [9.17, 15) is 0 Å². The average molecular weight is 2050 g/mol. The minimum absolute atomic E-state index is 0. The van der Waals surface area contributed by atoms with Crippen molar-refractivity contribution < 1.29 is 68.1 Å². The summed E-state index contributed by atoms with van der Waals surface area (Å²) in [6.45, 7) is 7.21. The summed E-state index contributed by atoms with van der Waals surface area (Å²) < 4.78 is 68.3. The van der Waals surface area contributed by atoms with Crippen molar-refractivity contribution in [2.75, 3.05) is 9.80 Å². The van der Waals surface area contributed by atoms with Crippen LogP contribution in [0.3, 0.4) is 0 Å². The molecule has 0 saturated carbocycles. The Kier molecular flexibility index (Phi) is 24.9. The Morgan fingerprint density at radius 2 is 0.914 bits per heavy atom. The molecule has 0 unspecified atom stereocenters. The van der Waals surface area contributed by atoms with E-state index in [0.29, 0.717) is 5.56 Å². The Labute approximate surface area is 792 Å². The van der Waals surface area contributed by atoms with E-state index in [4.69, 9.17) is 9.60 Å². The van der Waals surface area contributed by atoms with E-state index in [2.05, 4.69) is 276 Å². The number of aryl methyl sites for hydroxylation is 1. The fourth-order valence-corrected chi connectivity index (χ4v) is 18.3. The summed E-state index contributed by atoms with van der Waals surface area (Å²) in [5, 5.41) is 5.38. The van der Waals surface area contributed by atoms with Gasteiger partial charge in [-0.15, -0.1) is 119 Å². The number of benzene rings is 12. The minimum Gasteiger partial charge on any atom is -0.500 e. The molecule has 5 aliphatic heterocycles. The van der Waals surface area contributed by atoms with Gasteiger partial charge in [0.05, 0.1) is 38.0 Å². The number of fused-ring (bicyclic) bond motifs is 19. The summed E-state index contributed by atoms with van der Waals surface area (Å²) in [5.41, 5.74) is 23.9. The van der Waals surface area contributed by atoms with Gasteiger partial charge in [-0.05, 0) is 134 Å². The smallest absolute Gasteiger partial charge is 0.500 e. The van der Waals surface area contributed by atoms with Crippen molar-refractivity contribution in [3.05, 3.63) is 503 Å². The molecular weight excluding hydrogens is 1960 g/mol. The van der Waals surface area contributed by atoms with Gasteiger partial charge in [0.15, 0.2) is 43.9 Å². The maximum absolute atomic E-state index is 7.97.